The van der Waals surface area contributed by atoms with Crippen molar-refractivity contribution in [2.75, 3.05) is 31.1 Å². The molecule has 5 heterocycles. The first-order valence-electron chi connectivity index (χ1n) is 9.41. The average molecular weight is 372 g/mol. The summed E-state index contributed by atoms with van der Waals surface area (Å²) in [7, 11) is 0. The van der Waals surface area contributed by atoms with E-state index in [1.54, 1.807) is 12.4 Å². The molecular formula is C20H20N8. The molecule has 28 heavy (non-hydrogen) atoms. The minimum atomic E-state index is 0.797. The summed E-state index contributed by atoms with van der Waals surface area (Å²) < 4.78 is 1.86. The number of anilines is 1. The Balaban J connectivity index is 1.55. The van der Waals surface area contributed by atoms with Crippen molar-refractivity contribution >= 4 is 16.7 Å². The molecule has 0 aliphatic carbocycles. The van der Waals surface area contributed by atoms with E-state index in [0.717, 1.165) is 66.4 Å². The summed E-state index contributed by atoms with van der Waals surface area (Å²) in [4.78, 5) is 19.9. The molecule has 1 N–H and O–H groups in total. The molecule has 0 aromatic carbocycles. The molecule has 4 aromatic heterocycles. The quantitative estimate of drug-likeness (QED) is 0.589. The summed E-state index contributed by atoms with van der Waals surface area (Å²) in [5, 5.41) is 8.95. The van der Waals surface area contributed by atoms with Crippen LogP contribution in [0.1, 0.15) is 6.42 Å². The SMILES string of the molecule is c1cc(N2CCCNCC2)nc(-n2ncc3cnc(-c4cncnc4)cc32)c1. The smallest absolute Gasteiger partial charge is 0.156 e. The van der Waals surface area contributed by atoms with Crippen LogP contribution in [0.2, 0.25) is 0 Å². The number of hydrogen-bond donors (Lipinski definition) is 1. The van der Waals surface area contributed by atoms with Crippen molar-refractivity contribution < 1.29 is 0 Å². The molecule has 1 fully saturated rings. The third kappa shape index (κ3) is 3.18. The van der Waals surface area contributed by atoms with Crippen molar-refractivity contribution in [3.8, 4) is 17.1 Å². The Morgan fingerprint density at radius 2 is 1.82 bits per heavy atom. The van der Waals surface area contributed by atoms with E-state index in [0.29, 0.717) is 0 Å². The van der Waals surface area contributed by atoms with Gasteiger partial charge in [0.25, 0.3) is 0 Å². The highest BCUT2D eigenvalue weighted by Gasteiger charge is 2.13. The predicted molar refractivity (Wildman–Crippen MR) is 107 cm³/mol. The van der Waals surface area contributed by atoms with E-state index < -0.39 is 0 Å². The van der Waals surface area contributed by atoms with Gasteiger partial charge in [-0.25, -0.2) is 19.6 Å². The van der Waals surface area contributed by atoms with Crippen LogP contribution in [0.25, 0.3) is 28.0 Å². The molecule has 0 saturated carbocycles. The van der Waals surface area contributed by atoms with Crippen LogP contribution in [0.3, 0.4) is 0 Å². The number of fused-ring (bicyclic) bond motifs is 1. The van der Waals surface area contributed by atoms with Gasteiger partial charge in [-0.1, -0.05) is 6.07 Å². The number of hydrogen-bond acceptors (Lipinski definition) is 7. The van der Waals surface area contributed by atoms with Gasteiger partial charge >= 0.3 is 0 Å². The van der Waals surface area contributed by atoms with Gasteiger partial charge in [0.15, 0.2) is 5.82 Å². The van der Waals surface area contributed by atoms with Gasteiger partial charge in [0.05, 0.1) is 17.4 Å². The zero-order valence-electron chi connectivity index (χ0n) is 15.4. The third-order valence-electron chi connectivity index (χ3n) is 4.91. The Morgan fingerprint density at radius 1 is 0.929 bits per heavy atom. The average Bonchev–Trinajstić information content (AvgIpc) is 2.99. The highest BCUT2D eigenvalue weighted by molar-refractivity contribution is 5.82. The molecule has 0 atom stereocenters. The molecule has 1 aliphatic rings. The second-order valence-electron chi connectivity index (χ2n) is 6.76. The summed E-state index contributed by atoms with van der Waals surface area (Å²) in [6.45, 7) is 3.99. The van der Waals surface area contributed by atoms with Gasteiger partial charge in [0.1, 0.15) is 12.1 Å². The van der Waals surface area contributed by atoms with Crippen LogP contribution in [0.5, 0.6) is 0 Å². The maximum absolute atomic E-state index is 4.89. The second kappa shape index (κ2) is 7.32. The molecule has 8 heteroatoms. The van der Waals surface area contributed by atoms with Crippen molar-refractivity contribution in [2.24, 2.45) is 0 Å². The summed E-state index contributed by atoms with van der Waals surface area (Å²) in [6, 6.07) is 8.09. The fourth-order valence-electron chi connectivity index (χ4n) is 3.47. The zero-order chi connectivity index (χ0) is 18.8. The van der Waals surface area contributed by atoms with Crippen LogP contribution in [-0.2, 0) is 0 Å². The van der Waals surface area contributed by atoms with E-state index in [1.165, 1.54) is 6.33 Å². The van der Waals surface area contributed by atoms with Crippen molar-refractivity contribution in [3.05, 3.63) is 55.4 Å². The van der Waals surface area contributed by atoms with Crippen molar-refractivity contribution in [1.29, 1.82) is 0 Å². The largest absolute Gasteiger partial charge is 0.355 e. The van der Waals surface area contributed by atoms with Gasteiger partial charge in [0, 0.05) is 49.2 Å². The Hall–Kier alpha value is -3.39. The molecule has 1 aliphatic heterocycles. The minimum Gasteiger partial charge on any atom is -0.355 e. The maximum Gasteiger partial charge on any atom is 0.156 e. The van der Waals surface area contributed by atoms with E-state index >= 15 is 0 Å². The minimum absolute atomic E-state index is 0.797. The Morgan fingerprint density at radius 3 is 2.75 bits per heavy atom. The summed E-state index contributed by atoms with van der Waals surface area (Å²) >= 11 is 0. The lowest BCUT2D eigenvalue weighted by atomic mass is 10.2. The van der Waals surface area contributed by atoms with Crippen LogP contribution >= 0.6 is 0 Å². The molecule has 0 amide bonds. The van der Waals surface area contributed by atoms with E-state index in [9.17, 15) is 0 Å². The van der Waals surface area contributed by atoms with E-state index in [2.05, 4.69) is 36.3 Å². The highest BCUT2D eigenvalue weighted by Crippen LogP contribution is 2.23. The third-order valence-corrected chi connectivity index (χ3v) is 4.91. The van der Waals surface area contributed by atoms with Crippen molar-refractivity contribution in [3.63, 3.8) is 0 Å². The molecule has 8 nitrogen and oxygen atoms in total. The van der Waals surface area contributed by atoms with Gasteiger partial charge in [0.2, 0.25) is 0 Å². The molecule has 0 unspecified atom stereocenters. The van der Waals surface area contributed by atoms with Gasteiger partial charge in [-0.3, -0.25) is 4.98 Å². The van der Waals surface area contributed by atoms with Crippen molar-refractivity contribution in [1.82, 2.24) is 35.0 Å². The summed E-state index contributed by atoms with van der Waals surface area (Å²) in [5.74, 6) is 1.78. The van der Waals surface area contributed by atoms with E-state index in [1.807, 2.05) is 35.3 Å². The van der Waals surface area contributed by atoms with Crippen LogP contribution in [0, 0.1) is 0 Å². The van der Waals surface area contributed by atoms with Crippen LogP contribution in [0.4, 0.5) is 5.82 Å². The second-order valence-corrected chi connectivity index (χ2v) is 6.76. The van der Waals surface area contributed by atoms with Crippen LogP contribution in [-0.4, -0.2) is 55.9 Å². The highest BCUT2D eigenvalue weighted by atomic mass is 15.3. The molecule has 4 aromatic rings. The lowest BCUT2D eigenvalue weighted by Crippen LogP contribution is -2.28. The summed E-state index contributed by atoms with van der Waals surface area (Å²) in [6.07, 6.45) is 9.79. The fraction of sp³-hybridized carbons (Fsp3) is 0.250. The molecule has 0 radical (unpaired) electrons. The van der Waals surface area contributed by atoms with E-state index in [4.69, 9.17) is 4.98 Å². The topological polar surface area (TPSA) is 84.7 Å². The molecule has 0 bridgehead atoms. The van der Waals surface area contributed by atoms with Gasteiger partial charge in [-0.15, -0.1) is 0 Å². The number of nitrogens with one attached hydrogen (secondary N) is 1. The molecule has 5 rings (SSSR count). The Kier molecular flexibility index (Phi) is 4.38. The monoisotopic (exact) mass is 372 g/mol. The lowest BCUT2D eigenvalue weighted by Gasteiger charge is -2.21. The molecule has 140 valence electrons. The predicted octanol–water partition coefficient (Wildman–Crippen LogP) is 2.07. The first-order chi connectivity index (χ1) is 13.9. The molecule has 1 saturated heterocycles. The molecule has 0 spiro atoms. The number of aromatic nitrogens is 6. The lowest BCUT2D eigenvalue weighted by molar-refractivity contribution is 0.724. The first kappa shape index (κ1) is 16.8. The number of pyridine rings is 2. The van der Waals surface area contributed by atoms with Crippen molar-refractivity contribution in [2.45, 2.75) is 6.42 Å². The standard InChI is InChI=1S/C20H20N8/c1-3-19(27-7-2-5-21-6-8-27)26-20(4-1)28-18-9-17(15-10-22-14-23-11-15)24-12-16(18)13-25-28/h1,3-4,9-14,21H,2,5-8H2. The first-order valence-corrected chi connectivity index (χ1v) is 9.41. The molecular weight excluding hydrogens is 352 g/mol. The Labute approximate surface area is 162 Å². The summed E-state index contributed by atoms with van der Waals surface area (Å²) in [5.41, 5.74) is 2.64. The number of nitrogens with zero attached hydrogens (tertiary/aromatic N) is 7. The normalized spacial score (nSPS) is 14.9. The van der Waals surface area contributed by atoms with Crippen LogP contribution < -0.4 is 10.2 Å². The maximum atomic E-state index is 4.89. The Bertz CT molecular complexity index is 1080. The van der Waals surface area contributed by atoms with Gasteiger partial charge in [-0.2, -0.15) is 5.10 Å². The number of rotatable bonds is 3. The van der Waals surface area contributed by atoms with Gasteiger partial charge < -0.3 is 10.2 Å². The van der Waals surface area contributed by atoms with Gasteiger partial charge in [-0.05, 0) is 31.2 Å². The zero-order valence-corrected chi connectivity index (χ0v) is 15.4. The van der Waals surface area contributed by atoms with Crippen LogP contribution in [0.15, 0.2) is 55.4 Å². The fourth-order valence-corrected chi connectivity index (χ4v) is 3.47. The van der Waals surface area contributed by atoms with E-state index in [-0.39, 0.29) is 0 Å².